The van der Waals surface area contributed by atoms with Gasteiger partial charge in [0.05, 0.1) is 11.4 Å². The van der Waals surface area contributed by atoms with E-state index in [0.29, 0.717) is 5.92 Å². The van der Waals surface area contributed by atoms with Crippen LogP contribution in [0, 0.1) is 12.8 Å². The van der Waals surface area contributed by atoms with Crippen molar-refractivity contribution < 1.29 is 4.79 Å². The molecular formula is C17H21N3OS. The predicted octanol–water partition coefficient (Wildman–Crippen LogP) is 3.78. The molecule has 0 saturated heterocycles. The highest BCUT2D eigenvalue weighted by atomic mass is 32.1. The molecule has 5 heteroatoms. The molecule has 2 heterocycles. The Balaban J connectivity index is 1.83. The number of pyridine rings is 1. The number of thiazole rings is 1. The van der Waals surface area contributed by atoms with Gasteiger partial charge in [-0.3, -0.25) is 9.78 Å². The maximum atomic E-state index is 12.8. The Morgan fingerprint density at radius 3 is 2.86 bits per heavy atom. The summed E-state index contributed by atoms with van der Waals surface area (Å²) in [7, 11) is 0. The first-order valence-corrected chi connectivity index (χ1v) is 8.68. The molecule has 2 aromatic heterocycles. The van der Waals surface area contributed by atoms with Crippen LogP contribution in [0.25, 0.3) is 10.7 Å². The van der Waals surface area contributed by atoms with E-state index >= 15 is 0 Å². The van der Waals surface area contributed by atoms with Gasteiger partial charge in [-0.1, -0.05) is 13.0 Å². The summed E-state index contributed by atoms with van der Waals surface area (Å²) in [5, 5.41) is 0.823. The molecule has 0 N–H and O–H groups in total. The van der Waals surface area contributed by atoms with Gasteiger partial charge in [0.1, 0.15) is 9.88 Å². The van der Waals surface area contributed by atoms with Crippen molar-refractivity contribution >= 4 is 17.2 Å². The zero-order valence-electron chi connectivity index (χ0n) is 13.1. The molecule has 1 aliphatic rings. The van der Waals surface area contributed by atoms with Crippen LogP contribution in [0.3, 0.4) is 0 Å². The van der Waals surface area contributed by atoms with Crippen LogP contribution in [-0.2, 0) is 0 Å². The van der Waals surface area contributed by atoms with E-state index in [0.717, 1.165) is 40.8 Å². The Kier molecular flexibility index (Phi) is 4.52. The molecule has 0 aromatic carbocycles. The van der Waals surface area contributed by atoms with Crippen LogP contribution in [0.1, 0.15) is 41.6 Å². The van der Waals surface area contributed by atoms with Crippen molar-refractivity contribution in [2.45, 2.75) is 33.1 Å². The SMILES string of the molecule is CCCN(CC1CC1)C(=O)c1sc(-c2ccccn2)nc1C. The van der Waals surface area contributed by atoms with Gasteiger partial charge < -0.3 is 4.90 Å². The molecule has 4 nitrogen and oxygen atoms in total. The number of aryl methyl sites for hydroxylation is 1. The summed E-state index contributed by atoms with van der Waals surface area (Å²) in [4.78, 5) is 24.5. The highest BCUT2D eigenvalue weighted by molar-refractivity contribution is 7.17. The third kappa shape index (κ3) is 3.35. The topological polar surface area (TPSA) is 46.1 Å². The van der Waals surface area contributed by atoms with Crippen molar-refractivity contribution in [2.75, 3.05) is 13.1 Å². The average Bonchev–Trinajstić information content (AvgIpc) is 3.27. The molecule has 0 atom stereocenters. The fraction of sp³-hybridized carbons (Fsp3) is 0.471. The standard InChI is InChI=1S/C17H21N3OS/c1-3-10-20(11-13-7-8-13)17(21)15-12(2)19-16(22-15)14-6-4-5-9-18-14/h4-6,9,13H,3,7-8,10-11H2,1-2H3. The second-order valence-corrected chi connectivity index (χ2v) is 6.84. The van der Waals surface area contributed by atoms with Crippen LogP contribution in [0.2, 0.25) is 0 Å². The Morgan fingerprint density at radius 1 is 1.41 bits per heavy atom. The van der Waals surface area contributed by atoms with Crippen LogP contribution in [-0.4, -0.2) is 33.9 Å². The molecule has 116 valence electrons. The first-order valence-electron chi connectivity index (χ1n) is 7.87. The van der Waals surface area contributed by atoms with Gasteiger partial charge in [-0.15, -0.1) is 11.3 Å². The zero-order chi connectivity index (χ0) is 15.5. The lowest BCUT2D eigenvalue weighted by Crippen LogP contribution is -2.33. The molecule has 2 aromatic rings. The summed E-state index contributed by atoms with van der Waals surface area (Å²) < 4.78 is 0. The second kappa shape index (κ2) is 6.57. The van der Waals surface area contributed by atoms with Crippen LogP contribution in [0.4, 0.5) is 0 Å². The molecule has 0 radical (unpaired) electrons. The predicted molar refractivity (Wildman–Crippen MR) is 89.0 cm³/mol. The summed E-state index contributed by atoms with van der Waals surface area (Å²) in [5.74, 6) is 0.838. The summed E-state index contributed by atoms with van der Waals surface area (Å²) in [6, 6.07) is 5.76. The molecule has 1 saturated carbocycles. The molecule has 0 aliphatic heterocycles. The molecule has 1 fully saturated rings. The second-order valence-electron chi connectivity index (χ2n) is 5.84. The number of amides is 1. The highest BCUT2D eigenvalue weighted by Gasteiger charge is 2.28. The van der Waals surface area contributed by atoms with Crippen LogP contribution < -0.4 is 0 Å². The molecule has 0 unspecified atom stereocenters. The van der Waals surface area contributed by atoms with E-state index in [2.05, 4.69) is 16.9 Å². The summed E-state index contributed by atoms with van der Waals surface area (Å²) in [5.41, 5.74) is 1.64. The Bertz CT molecular complexity index is 649. The smallest absolute Gasteiger partial charge is 0.265 e. The molecule has 0 bridgehead atoms. The van der Waals surface area contributed by atoms with E-state index in [9.17, 15) is 4.79 Å². The maximum absolute atomic E-state index is 12.8. The van der Waals surface area contributed by atoms with Gasteiger partial charge in [0, 0.05) is 19.3 Å². The monoisotopic (exact) mass is 315 g/mol. The Hall–Kier alpha value is -1.75. The van der Waals surface area contributed by atoms with Crippen LogP contribution >= 0.6 is 11.3 Å². The average molecular weight is 315 g/mol. The van der Waals surface area contributed by atoms with E-state index < -0.39 is 0 Å². The molecular weight excluding hydrogens is 294 g/mol. The van der Waals surface area contributed by atoms with Gasteiger partial charge in [0.25, 0.3) is 5.91 Å². The van der Waals surface area contributed by atoms with Crippen molar-refractivity contribution in [3.8, 4) is 10.7 Å². The lowest BCUT2D eigenvalue weighted by atomic mass is 10.3. The molecule has 22 heavy (non-hydrogen) atoms. The number of hydrogen-bond acceptors (Lipinski definition) is 4. The van der Waals surface area contributed by atoms with Crippen LogP contribution in [0.5, 0.6) is 0 Å². The van der Waals surface area contributed by atoms with Gasteiger partial charge in [0.15, 0.2) is 0 Å². The first-order chi connectivity index (χ1) is 10.7. The van der Waals surface area contributed by atoms with E-state index in [1.165, 1.54) is 24.2 Å². The van der Waals surface area contributed by atoms with Crippen molar-refractivity contribution in [1.29, 1.82) is 0 Å². The number of aromatic nitrogens is 2. The first kappa shape index (κ1) is 15.2. The number of hydrogen-bond donors (Lipinski definition) is 0. The zero-order valence-corrected chi connectivity index (χ0v) is 13.9. The van der Waals surface area contributed by atoms with Crippen molar-refractivity contribution in [2.24, 2.45) is 5.92 Å². The number of carbonyl (C=O) groups is 1. The van der Waals surface area contributed by atoms with E-state index in [1.807, 2.05) is 30.0 Å². The van der Waals surface area contributed by atoms with Crippen molar-refractivity contribution in [1.82, 2.24) is 14.9 Å². The molecule has 3 rings (SSSR count). The fourth-order valence-corrected chi connectivity index (χ4v) is 3.51. The minimum absolute atomic E-state index is 0.130. The Morgan fingerprint density at radius 2 is 2.23 bits per heavy atom. The molecule has 1 amide bonds. The maximum Gasteiger partial charge on any atom is 0.265 e. The van der Waals surface area contributed by atoms with Crippen molar-refractivity contribution in [3.63, 3.8) is 0 Å². The van der Waals surface area contributed by atoms with Crippen LogP contribution in [0.15, 0.2) is 24.4 Å². The lowest BCUT2D eigenvalue weighted by Gasteiger charge is -2.21. The van der Waals surface area contributed by atoms with Gasteiger partial charge in [0.2, 0.25) is 0 Å². The van der Waals surface area contributed by atoms with E-state index in [-0.39, 0.29) is 5.91 Å². The third-order valence-electron chi connectivity index (χ3n) is 3.83. The highest BCUT2D eigenvalue weighted by Crippen LogP contribution is 2.32. The third-order valence-corrected chi connectivity index (χ3v) is 5.00. The molecule has 1 aliphatic carbocycles. The van der Waals surface area contributed by atoms with Crippen molar-refractivity contribution in [3.05, 3.63) is 35.0 Å². The van der Waals surface area contributed by atoms with Gasteiger partial charge >= 0.3 is 0 Å². The van der Waals surface area contributed by atoms with Gasteiger partial charge in [-0.05, 0) is 44.2 Å². The minimum atomic E-state index is 0.130. The summed E-state index contributed by atoms with van der Waals surface area (Å²) in [6.45, 7) is 5.75. The van der Waals surface area contributed by atoms with Gasteiger partial charge in [-0.2, -0.15) is 0 Å². The minimum Gasteiger partial charge on any atom is -0.338 e. The summed E-state index contributed by atoms with van der Waals surface area (Å²) >= 11 is 1.46. The lowest BCUT2D eigenvalue weighted by molar-refractivity contribution is 0.0751. The summed E-state index contributed by atoms with van der Waals surface area (Å²) in [6.07, 6.45) is 5.26. The molecule has 0 spiro atoms. The quantitative estimate of drug-likeness (QED) is 0.815. The van der Waals surface area contributed by atoms with E-state index in [1.54, 1.807) is 6.20 Å². The van der Waals surface area contributed by atoms with E-state index in [4.69, 9.17) is 0 Å². The van der Waals surface area contributed by atoms with Gasteiger partial charge in [-0.25, -0.2) is 4.98 Å². The largest absolute Gasteiger partial charge is 0.338 e. The number of rotatable bonds is 6. The Labute approximate surface area is 135 Å². The normalized spacial score (nSPS) is 14.1. The number of nitrogens with zero attached hydrogens (tertiary/aromatic N) is 3. The fourth-order valence-electron chi connectivity index (χ4n) is 2.50. The number of carbonyl (C=O) groups excluding carboxylic acids is 1.